The highest BCUT2D eigenvalue weighted by Crippen LogP contribution is 2.41. The zero-order valence-electron chi connectivity index (χ0n) is 37.1. The van der Waals surface area contributed by atoms with Crippen LogP contribution in [0.15, 0.2) is 176 Å². The molecular weight excluding hydrogens is 752 g/mol. The van der Waals surface area contributed by atoms with Crippen LogP contribution in [0, 0.1) is 0 Å². The normalized spacial score (nSPS) is 11.6. The van der Waals surface area contributed by atoms with Gasteiger partial charge in [-0.3, -0.25) is 0 Å². The van der Waals surface area contributed by atoms with Crippen LogP contribution in [-0.4, -0.2) is 64.1 Å². The van der Waals surface area contributed by atoms with E-state index >= 15 is 0 Å². The van der Waals surface area contributed by atoms with Crippen molar-refractivity contribution in [3.8, 4) is 55.9 Å². The molecule has 0 radical (unpaired) electrons. The number of rotatable bonds is 6. The summed E-state index contributed by atoms with van der Waals surface area (Å²) in [6.07, 6.45) is 0. The van der Waals surface area contributed by atoms with Crippen molar-refractivity contribution in [3.63, 3.8) is 0 Å². The van der Waals surface area contributed by atoms with Gasteiger partial charge in [0.2, 0.25) is 0 Å². The fourth-order valence-electron chi connectivity index (χ4n) is 10.6. The fourth-order valence-corrected chi connectivity index (χ4v) is 10.6. The average Bonchev–Trinajstić information content (AvgIpc) is 3.87. The Balaban J connectivity index is 1.17. The lowest BCUT2D eigenvalue weighted by Gasteiger charge is -2.19. The van der Waals surface area contributed by atoms with Crippen LogP contribution >= 0.6 is 0 Å². The highest BCUT2D eigenvalue weighted by Gasteiger charge is 2.25. The maximum atomic E-state index is 2.57. The summed E-state index contributed by atoms with van der Waals surface area (Å²) in [6.45, 7) is 0. The Hall–Kier alpha value is -6.97. The molecule has 0 atom stereocenters. The zero-order valence-corrected chi connectivity index (χ0v) is 37.1. The maximum Gasteiger partial charge on any atom is 0.141 e. The second-order valence-electron chi connectivity index (χ2n) is 17.5. The second kappa shape index (κ2) is 15.1. The van der Waals surface area contributed by atoms with Crippen molar-refractivity contribution in [1.29, 1.82) is 0 Å². The first kappa shape index (κ1) is 38.9. The lowest BCUT2D eigenvalue weighted by Crippen LogP contribution is -2.48. The standard InChI is InChI=1S/C54H43B7N2/c55-46-42(47(56)51(60)53-44(46)45-48(57)49(58)50(59)52(61)54(45)63(53)37-26-21-33(22-27-37)31-13-6-2-7-14-31)35-23-28-40-39(29-35)43-38(34-15-8-3-9-16-34)17-10-18-41(43)62(40)36-24-19-32(20-25-36)30-11-4-1-5-12-30/h1-29H,55-61H2. The lowest BCUT2D eigenvalue weighted by molar-refractivity contribution is 1.18. The molecule has 0 N–H and O–H groups in total. The van der Waals surface area contributed by atoms with Crippen molar-refractivity contribution in [2.75, 3.05) is 0 Å². The molecule has 0 aliphatic heterocycles. The van der Waals surface area contributed by atoms with Gasteiger partial charge in [0.25, 0.3) is 0 Å². The average molecular weight is 796 g/mol. The molecule has 2 aromatic heterocycles. The molecule has 2 nitrogen and oxygen atoms in total. The van der Waals surface area contributed by atoms with E-state index in [0.29, 0.717) is 0 Å². The molecule has 0 bridgehead atoms. The quantitative estimate of drug-likeness (QED) is 0.229. The van der Waals surface area contributed by atoms with Crippen LogP contribution < -0.4 is 38.2 Å². The second-order valence-corrected chi connectivity index (χ2v) is 17.5. The maximum absolute atomic E-state index is 2.57. The molecule has 0 amide bonds. The molecule has 11 rings (SSSR count). The molecule has 0 saturated carbocycles. The van der Waals surface area contributed by atoms with Crippen LogP contribution in [0.25, 0.3) is 99.5 Å². The Morgan fingerprint density at radius 1 is 0.286 bits per heavy atom. The van der Waals surface area contributed by atoms with E-state index in [-0.39, 0.29) is 0 Å². The minimum Gasteiger partial charge on any atom is -0.310 e. The van der Waals surface area contributed by atoms with Crippen LogP contribution in [0.2, 0.25) is 0 Å². The molecule has 0 aliphatic carbocycles. The van der Waals surface area contributed by atoms with E-state index in [0.717, 1.165) is 5.69 Å². The Kier molecular flexibility index (Phi) is 9.35. The minimum absolute atomic E-state index is 1.15. The van der Waals surface area contributed by atoms with Gasteiger partial charge < -0.3 is 9.13 Å². The van der Waals surface area contributed by atoms with Gasteiger partial charge >= 0.3 is 0 Å². The number of benzene rings is 9. The molecule has 290 valence electrons. The number of nitrogens with zero attached hydrogens (tertiary/aromatic N) is 2. The van der Waals surface area contributed by atoms with Crippen LogP contribution in [0.1, 0.15) is 0 Å². The van der Waals surface area contributed by atoms with Gasteiger partial charge in [0, 0.05) is 38.6 Å². The molecule has 0 spiro atoms. The van der Waals surface area contributed by atoms with Crippen LogP contribution in [0.5, 0.6) is 0 Å². The van der Waals surface area contributed by atoms with E-state index in [1.165, 1.54) is 132 Å². The highest BCUT2D eigenvalue weighted by atomic mass is 15.0. The van der Waals surface area contributed by atoms with Gasteiger partial charge in [-0.15, -0.1) is 5.46 Å². The van der Waals surface area contributed by atoms with Gasteiger partial charge in [-0.1, -0.05) is 166 Å². The summed E-state index contributed by atoms with van der Waals surface area (Å²) in [6, 6.07) is 64.4. The first-order valence-corrected chi connectivity index (χ1v) is 22.2. The van der Waals surface area contributed by atoms with Gasteiger partial charge in [-0.05, 0) is 92.4 Å². The zero-order chi connectivity index (χ0) is 43.1. The number of hydrogen-bond acceptors (Lipinski definition) is 0. The number of aromatic nitrogens is 2. The summed E-state index contributed by atoms with van der Waals surface area (Å²) in [4.78, 5) is 0. The van der Waals surface area contributed by atoms with Gasteiger partial charge in [-0.25, -0.2) is 0 Å². The largest absolute Gasteiger partial charge is 0.310 e. The van der Waals surface area contributed by atoms with E-state index in [2.05, 4.69) is 240 Å². The van der Waals surface area contributed by atoms with Crippen LogP contribution in [0.3, 0.4) is 0 Å². The minimum atomic E-state index is 1.15. The van der Waals surface area contributed by atoms with Crippen molar-refractivity contribution in [3.05, 3.63) is 176 Å². The van der Waals surface area contributed by atoms with Crippen LogP contribution in [0.4, 0.5) is 0 Å². The summed E-state index contributed by atoms with van der Waals surface area (Å²) >= 11 is 0. The molecule has 0 unspecified atom stereocenters. The molecule has 2 heterocycles. The predicted octanol–water partition coefficient (Wildman–Crippen LogP) is 2.36. The van der Waals surface area contributed by atoms with E-state index in [4.69, 9.17) is 0 Å². The summed E-state index contributed by atoms with van der Waals surface area (Å²) in [5.74, 6) is 0. The van der Waals surface area contributed by atoms with Gasteiger partial charge in [-0.2, -0.15) is 0 Å². The highest BCUT2D eigenvalue weighted by molar-refractivity contribution is 6.69. The third-order valence-electron chi connectivity index (χ3n) is 14.3. The molecular formula is C54H43B7N2. The summed E-state index contributed by atoms with van der Waals surface area (Å²) in [5.41, 5.74) is 26.7. The van der Waals surface area contributed by atoms with Gasteiger partial charge in [0.05, 0.1) is 11.0 Å². The Labute approximate surface area is 375 Å². The molecule has 0 fully saturated rings. The van der Waals surface area contributed by atoms with Crippen molar-refractivity contribution in [2.45, 2.75) is 0 Å². The molecule has 9 heteroatoms. The van der Waals surface area contributed by atoms with Crippen LogP contribution in [-0.2, 0) is 0 Å². The van der Waals surface area contributed by atoms with Crippen molar-refractivity contribution in [2.24, 2.45) is 0 Å². The fraction of sp³-hybridized carbons (Fsp3) is 0. The third-order valence-corrected chi connectivity index (χ3v) is 14.3. The molecule has 11 aromatic rings. The number of fused-ring (bicyclic) bond motifs is 6. The SMILES string of the molecule is Bc1c(B)c(B)c2c(c1B)c1c(B)c(-c3ccc4c(c3)c3c(-c5ccccc5)cccc3n4-c3ccc(-c4ccccc4)cc3)c(B)c(B)c1n2-c1ccc(-c2ccccc2)cc1. The summed E-state index contributed by atoms with van der Waals surface area (Å²) < 4.78 is 5.02. The molecule has 0 aliphatic rings. The first-order chi connectivity index (χ1) is 30.7. The monoisotopic (exact) mass is 796 g/mol. The Morgan fingerprint density at radius 2 is 0.746 bits per heavy atom. The first-order valence-electron chi connectivity index (χ1n) is 22.2. The molecule has 63 heavy (non-hydrogen) atoms. The summed E-state index contributed by atoms with van der Waals surface area (Å²) in [7, 11) is 16.3. The molecule has 0 saturated heterocycles. The van der Waals surface area contributed by atoms with Crippen molar-refractivity contribution in [1.82, 2.24) is 9.13 Å². The van der Waals surface area contributed by atoms with Crippen molar-refractivity contribution < 1.29 is 0 Å². The predicted molar refractivity (Wildman–Crippen MR) is 294 cm³/mol. The topological polar surface area (TPSA) is 9.86 Å². The summed E-state index contributed by atoms with van der Waals surface area (Å²) in [5, 5.41) is 5.24. The lowest BCUT2D eigenvalue weighted by atomic mass is 9.64. The smallest absolute Gasteiger partial charge is 0.141 e. The van der Waals surface area contributed by atoms with Crippen molar-refractivity contribution >= 4 is 137 Å². The third kappa shape index (κ3) is 6.04. The van der Waals surface area contributed by atoms with E-state index in [1.54, 1.807) is 0 Å². The van der Waals surface area contributed by atoms with Gasteiger partial charge in [0.1, 0.15) is 54.9 Å². The molecule has 9 aromatic carbocycles. The Morgan fingerprint density at radius 3 is 1.32 bits per heavy atom. The number of hydrogen-bond donors (Lipinski definition) is 0. The Bertz CT molecular complexity index is 3600. The van der Waals surface area contributed by atoms with E-state index < -0.39 is 0 Å². The van der Waals surface area contributed by atoms with E-state index in [9.17, 15) is 0 Å². The van der Waals surface area contributed by atoms with Gasteiger partial charge in [0.15, 0.2) is 0 Å². The van der Waals surface area contributed by atoms with E-state index in [1.807, 2.05) is 0 Å².